The number of nitrogens with one attached hydrogen (secondary N) is 1. The van der Waals surface area contributed by atoms with Crippen molar-refractivity contribution >= 4 is 27.3 Å². The lowest BCUT2D eigenvalue weighted by Crippen LogP contribution is -2.29. The molecule has 0 saturated carbocycles. The summed E-state index contributed by atoms with van der Waals surface area (Å²) in [5.74, 6) is 5.30. The van der Waals surface area contributed by atoms with E-state index in [9.17, 15) is 4.39 Å². The van der Waals surface area contributed by atoms with Crippen LogP contribution in [-0.2, 0) is 6.42 Å². The zero-order valence-corrected chi connectivity index (χ0v) is 11.4. The van der Waals surface area contributed by atoms with Crippen LogP contribution in [0.2, 0.25) is 0 Å². The molecule has 0 saturated heterocycles. The minimum absolute atomic E-state index is 0.0543. The molecule has 0 radical (unpaired) electrons. The van der Waals surface area contributed by atoms with E-state index >= 15 is 0 Å². The molecular formula is C12H12BrFN2S. The quantitative estimate of drug-likeness (QED) is 0.670. The molecule has 5 heteroatoms. The largest absolute Gasteiger partial charge is 0.271 e. The topological polar surface area (TPSA) is 38.0 Å². The van der Waals surface area contributed by atoms with Gasteiger partial charge in [0.05, 0.1) is 10.5 Å². The standard InChI is InChI=1S/C12H12BrFN2S/c13-10-5-8(1-2-11(10)14)6-12(16-15)9-3-4-17-7-9/h1-5,7,12,16H,6,15H2. The SMILES string of the molecule is NNC(Cc1ccc(F)c(Br)c1)c1ccsc1. The second-order valence-corrected chi connectivity index (χ2v) is 5.36. The molecule has 3 N–H and O–H groups in total. The third-order valence-corrected chi connectivity index (χ3v) is 3.88. The Kier molecular flexibility index (Phi) is 4.28. The Morgan fingerprint density at radius 1 is 1.41 bits per heavy atom. The maximum atomic E-state index is 13.1. The summed E-state index contributed by atoms with van der Waals surface area (Å²) >= 11 is 4.82. The normalized spacial score (nSPS) is 12.6. The zero-order chi connectivity index (χ0) is 12.3. The van der Waals surface area contributed by atoms with Crippen molar-refractivity contribution in [1.82, 2.24) is 5.43 Å². The lowest BCUT2D eigenvalue weighted by Gasteiger charge is -2.14. The van der Waals surface area contributed by atoms with Crippen LogP contribution in [0.4, 0.5) is 4.39 Å². The molecule has 0 bridgehead atoms. The molecule has 1 aromatic carbocycles. The molecule has 0 fully saturated rings. The van der Waals surface area contributed by atoms with Crippen molar-refractivity contribution in [2.75, 3.05) is 0 Å². The second-order valence-electron chi connectivity index (χ2n) is 3.73. The van der Waals surface area contributed by atoms with Crippen LogP contribution in [0.25, 0.3) is 0 Å². The molecule has 0 aliphatic rings. The molecule has 17 heavy (non-hydrogen) atoms. The molecule has 0 spiro atoms. The summed E-state index contributed by atoms with van der Waals surface area (Å²) in [5.41, 5.74) is 4.97. The lowest BCUT2D eigenvalue weighted by molar-refractivity contribution is 0.552. The monoisotopic (exact) mass is 314 g/mol. The third-order valence-electron chi connectivity index (χ3n) is 2.57. The first-order valence-corrected chi connectivity index (χ1v) is 6.86. The Morgan fingerprint density at radius 2 is 2.24 bits per heavy atom. The molecule has 2 nitrogen and oxygen atoms in total. The van der Waals surface area contributed by atoms with Crippen LogP contribution in [-0.4, -0.2) is 0 Å². The summed E-state index contributed by atoms with van der Waals surface area (Å²) in [4.78, 5) is 0. The van der Waals surface area contributed by atoms with E-state index in [0.29, 0.717) is 4.47 Å². The number of rotatable bonds is 4. The maximum Gasteiger partial charge on any atom is 0.137 e. The Bertz CT molecular complexity index is 487. The van der Waals surface area contributed by atoms with Crippen LogP contribution in [0.1, 0.15) is 17.2 Å². The predicted octanol–water partition coefficient (Wildman–Crippen LogP) is 3.40. The number of hydrogen-bond donors (Lipinski definition) is 2. The predicted molar refractivity (Wildman–Crippen MR) is 72.2 cm³/mol. The summed E-state index contributed by atoms with van der Waals surface area (Å²) in [6.45, 7) is 0. The van der Waals surface area contributed by atoms with E-state index in [-0.39, 0.29) is 11.9 Å². The molecule has 2 aromatic rings. The van der Waals surface area contributed by atoms with Crippen molar-refractivity contribution in [3.63, 3.8) is 0 Å². The van der Waals surface area contributed by atoms with Crippen LogP contribution >= 0.6 is 27.3 Å². The van der Waals surface area contributed by atoms with E-state index in [0.717, 1.165) is 17.5 Å². The van der Waals surface area contributed by atoms with Crippen molar-refractivity contribution in [1.29, 1.82) is 0 Å². The van der Waals surface area contributed by atoms with Crippen molar-refractivity contribution < 1.29 is 4.39 Å². The van der Waals surface area contributed by atoms with Crippen LogP contribution in [0.3, 0.4) is 0 Å². The summed E-state index contributed by atoms with van der Waals surface area (Å²) in [6.07, 6.45) is 0.728. The van der Waals surface area contributed by atoms with Gasteiger partial charge in [0.2, 0.25) is 0 Å². The molecule has 90 valence electrons. The van der Waals surface area contributed by atoms with Gasteiger partial charge in [-0.2, -0.15) is 11.3 Å². The molecule has 2 rings (SSSR count). The lowest BCUT2D eigenvalue weighted by atomic mass is 10.0. The first-order valence-electron chi connectivity index (χ1n) is 5.13. The average molecular weight is 315 g/mol. The molecule has 1 unspecified atom stereocenters. The van der Waals surface area contributed by atoms with Gasteiger partial charge in [-0.3, -0.25) is 11.3 Å². The fraction of sp³-hybridized carbons (Fsp3) is 0.167. The fourth-order valence-electron chi connectivity index (χ4n) is 1.65. The van der Waals surface area contributed by atoms with Gasteiger partial charge in [-0.1, -0.05) is 6.07 Å². The van der Waals surface area contributed by atoms with Crippen LogP contribution in [0.5, 0.6) is 0 Å². The number of thiophene rings is 1. The second kappa shape index (κ2) is 5.73. The Hall–Kier alpha value is -0.750. The van der Waals surface area contributed by atoms with Gasteiger partial charge in [0, 0.05) is 0 Å². The molecular weight excluding hydrogens is 303 g/mol. The van der Waals surface area contributed by atoms with Crippen molar-refractivity contribution in [2.24, 2.45) is 5.84 Å². The van der Waals surface area contributed by atoms with Crippen molar-refractivity contribution in [3.8, 4) is 0 Å². The summed E-state index contributed by atoms with van der Waals surface area (Å²) < 4.78 is 13.6. The average Bonchev–Trinajstić information content (AvgIpc) is 2.84. The molecule has 1 atom stereocenters. The maximum absolute atomic E-state index is 13.1. The van der Waals surface area contributed by atoms with Crippen molar-refractivity contribution in [3.05, 3.63) is 56.4 Å². The Morgan fingerprint density at radius 3 is 2.82 bits per heavy atom. The van der Waals surface area contributed by atoms with E-state index in [1.807, 2.05) is 11.4 Å². The van der Waals surface area contributed by atoms with E-state index in [4.69, 9.17) is 5.84 Å². The van der Waals surface area contributed by atoms with Crippen molar-refractivity contribution in [2.45, 2.75) is 12.5 Å². The van der Waals surface area contributed by atoms with E-state index < -0.39 is 0 Å². The highest BCUT2D eigenvalue weighted by atomic mass is 79.9. The number of nitrogens with two attached hydrogens (primary N) is 1. The van der Waals surface area contributed by atoms with Crippen LogP contribution in [0.15, 0.2) is 39.5 Å². The van der Waals surface area contributed by atoms with Gasteiger partial charge in [-0.05, 0) is 62.4 Å². The molecule has 1 heterocycles. The van der Waals surface area contributed by atoms with E-state index in [1.54, 1.807) is 23.5 Å². The first kappa shape index (κ1) is 12.7. The molecule has 0 amide bonds. The zero-order valence-electron chi connectivity index (χ0n) is 8.99. The Labute approximate surface area is 112 Å². The smallest absolute Gasteiger partial charge is 0.137 e. The van der Waals surface area contributed by atoms with Gasteiger partial charge in [0.1, 0.15) is 5.82 Å². The Balaban J connectivity index is 2.16. The highest BCUT2D eigenvalue weighted by Crippen LogP contribution is 2.23. The third kappa shape index (κ3) is 3.13. The highest BCUT2D eigenvalue weighted by Gasteiger charge is 2.11. The minimum atomic E-state index is -0.249. The fourth-order valence-corrected chi connectivity index (χ4v) is 2.79. The van der Waals surface area contributed by atoms with Gasteiger partial charge < -0.3 is 0 Å². The minimum Gasteiger partial charge on any atom is -0.271 e. The van der Waals surface area contributed by atoms with E-state index in [2.05, 4.69) is 26.7 Å². The van der Waals surface area contributed by atoms with Crippen LogP contribution < -0.4 is 11.3 Å². The highest BCUT2D eigenvalue weighted by molar-refractivity contribution is 9.10. The number of halogens is 2. The number of hydrogen-bond acceptors (Lipinski definition) is 3. The van der Waals surface area contributed by atoms with Gasteiger partial charge in [0.15, 0.2) is 0 Å². The molecule has 1 aromatic heterocycles. The van der Waals surface area contributed by atoms with Gasteiger partial charge in [-0.25, -0.2) is 4.39 Å². The summed E-state index contributed by atoms with van der Waals surface area (Å²) in [5, 5.41) is 4.07. The van der Waals surface area contributed by atoms with Crippen LogP contribution in [0, 0.1) is 5.82 Å². The summed E-state index contributed by atoms with van der Waals surface area (Å²) in [6, 6.07) is 7.11. The van der Waals surface area contributed by atoms with Gasteiger partial charge in [-0.15, -0.1) is 0 Å². The van der Waals surface area contributed by atoms with E-state index in [1.165, 1.54) is 6.07 Å². The molecule has 0 aliphatic heterocycles. The number of benzene rings is 1. The van der Waals surface area contributed by atoms with Gasteiger partial charge in [0.25, 0.3) is 0 Å². The van der Waals surface area contributed by atoms with Gasteiger partial charge >= 0.3 is 0 Å². The first-order chi connectivity index (χ1) is 8.20. The number of hydrazine groups is 1. The molecule has 0 aliphatic carbocycles. The summed E-state index contributed by atoms with van der Waals surface area (Å²) in [7, 11) is 0.